The summed E-state index contributed by atoms with van der Waals surface area (Å²) in [6, 6.07) is 35.5. The van der Waals surface area contributed by atoms with Crippen LogP contribution in [0.3, 0.4) is 0 Å². The van der Waals surface area contributed by atoms with Crippen LogP contribution in [0.5, 0.6) is 17.2 Å². The Kier molecular flexibility index (Phi) is 34.4. The zero-order valence-corrected chi connectivity index (χ0v) is 89.1. The normalized spacial score (nSPS) is 32.4. The molecule has 23 nitrogen and oxygen atoms in total. The lowest BCUT2D eigenvalue weighted by atomic mass is 9.68. The summed E-state index contributed by atoms with van der Waals surface area (Å²) in [4.78, 5) is 60.9. The van der Waals surface area contributed by atoms with Crippen LogP contribution in [0.25, 0.3) is 0 Å². The van der Waals surface area contributed by atoms with E-state index in [1.165, 1.54) is 33.4 Å². The van der Waals surface area contributed by atoms with Gasteiger partial charge in [-0.15, -0.1) is 0 Å². The minimum Gasteiger partial charge on any atom is -0.490 e. The molecule has 3 unspecified atom stereocenters. The average Bonchev–Trinajstić information content (AvgIpc) is 1.63. The van der Waals surface area contributed by atoms with Crippen molar-refractivity contribution < 1.29 is 79.5 Å². The first kappa shape index (κ1) is 106. The van der Waals surface area contributed by atoms with Crippen molar-refractivity contribution in [1.29, 1.82) is 0 Å². The number of esters is 1. The molecule has 6 aliphatic carbocycles. The highest BCUT2D eigenvalue weighted by Crippen LogP contribution is 2.53. The topological polar surface area (TPSA) is 269 Å². The fourth-order valence-electron chi connectivity index (χ4n) is 24.7. The number of aliphatic hydroxyl groups is 1. The standard InChI is InChI=1S/C40H53ClN2O6S.C39H51ClN2O6S.C35H45ClN2O5S/c1-3-32-10-4-5-11-36(46-21-22-48-38-12-6-7-20-47-38)33-16-13-30(33)25-43-26-40(19-8-9-28-23-31(41)15-17-34(28)40)27-49-37-18-14-29(24-35(37)43)39(44)42-50(32,2)45;1-6-30-11-7-8-12-34(46-23-36(43)48-38(2,3)4)31-16-13-28(31)22-42-24-39(19-9-10-26-20-29(40)15-17-32(26)39)25-47-35-18-14-27(21-33(35)42)37(44)41-49(30,5)45;1-3-28-8-4-5-9-32(42-18-17-39)29-13-10-26(29)21-38-22-35(16-6-7-24-19-27(36)12-14-30(24)35)23-43-33-15-11-25(20-31(33)38)34(40)37-44(28,2)41/h5,11,14-15,17-18,23-24,30,32-33,36,38H,2-4,6-10,12-13,16,19-22,25-27H2,1H3,(H,42,44,45);8,12,14-15,17-18,20-21,28,30-31,34H,5-7,9-11,13,16,19,22-25H2,1-4H3,(H,41,44,45);5,9,11-12,14-15,19-20,26,28-29,32,39H,2-4,6-8,10,13,16-18,21-23H2,1H3,(H,37,40,41)/b11-5+;12-8+;9-5+/t30-,32+,33+,36-,38+,40-,50?;28-,30+,31+,34-,39-,49?;26-,28+,29+,32-,35-,44?/m000/s1. The van der Waals surface area contributed by atoms with E-state index in [2.05, 4.69) is 119 Å². The molecule has 143 heavy (non-hydrogen) atoms. The number of benzene rings is 6. The minimum absolute atomic E-state index is 0.0194. The zero-order chi connectivity index (χ0) is 101. The number of carbonyl (C=O) groups excluding carboxylic acids is 4. The Labute approximate surface area is 863 Å². The van der Waals surface area contributed by atoms with Gasteiger partial charge in [-0.1, -0.05) is 110 Å². The molecule has 1 saturated heterocycles. The van der Waals surface area contributed by atoms with E-state index in [-0.39, 0.29) is 99.4 Å². The lowest BCUT2D eigenvalue weighted by molar-refractivity contribution is -0.172. The van der Waals surface area contributed by atoms with Gasteiger partial charge in [-0.25, -0.2) is 17.4 Å². The number of nitrogens with one attached hydrogen (secondary N) is 3. The summed E-state index contributed by atoms with van der Waals surface area (Å²) in [5.74, 6) is 14.7. The number of aryl methyl sites for hydroxylation is 3. The van der Waals surface area contributed by atoms with Gasteiger partial charge in [0.15, 0.2) is 6.29 Å². The molecule has 6 aromatic rings. The number of carbonyl (C=O) groups is 4. The number of nitrogens with zero attached hydrogens (tertiary/aromatic N) is 3. The highest BCUT2D eigenvalue weighted by atomic mass is 35.5. The molecule has 6 aromatic carbocycles. The summed E-state index contributed by atoms with van der Waals surface area (Å²) in [6.45, 7) is 19.6. The SMILES string of the molecule is C=S1(=O)NC(=O)c2ccc3c(c2)N(C[C@@H]2CC[C@H]2[C@@H](OCC(=O)OC(C)(C)C)/C=C/CC[C@H]1CC)C[C@@]1(CCCc2cc(Cl)ccc21)CO3.C=S1(=O)NC(=O)c2ccc3c(c2)N(C[C@@H]2CC[C@H]2[C@@H](OCCO)/C=C/CC[C@H]1CC)C[C@@]1(CCCc2cc(Cl)ccc21)CO3.C=S1(=O)NC(=O)c2ccc3c(c2)N(C[C@@H]2CC[C@H]2[C@@H](OCCO[C@@H]2CCCCO2)/C=C/CC[C@H]1CC)C[C@@]1(CCCc2cc(Cl)ccc21)CO3. The maximum atomic E-state index is 13.9. The molecular formula is C114H149Cl3N6O17S3. The maximum absolute atomic E-state index is 13.9. The molecule has 7 heterocycles. The number of fused-ring (bicyclic) bond motifs is 12. The molecule has 776 valence electrons. The molecule has 19 rings (SSSR count). The molecule has 0 aromatic heterocycles. The molecule has 13 aliphatic rings. The van der Waals surface area contributed by atoms with Crippen LogP contribution < -0.4 is 43.1 Å². The third kappa shape index (κ3) is 24.9. The second-order valence-corrected chi connectivity index (χ2v) is 51.6. The van der Waals surface area contributed by atoms with Crippen LogP contribution in [-0.2, 0) is 97.8 Å². The monoisotopic (exact) mass is 2070 g/mol. The van der Waals surface area contributed by atoms with Crippen molar-refractivity contribution in [1.82, 2.24) is 14.2 Å². The number of hydrogen-bond acceptors (Lipinski definition) is 20. The van der Waals surface area contributed by atoms with E-state index in [4.69, 9.17) is 77.4 Å². The second-order valence-electron chi connectivity index (χ2n) is 43.4. The molecule has 0 radical (unpaired) electrons. The van der Waals surface area contributed by atoms with E-state index in [9.17, 15) is 36.9 Å². The molecule has 4 fully saturated rings. The number of hydrogen-bond donors (Lipinski definition) is 4. The fourth-order valence-corrected chi connectivity index (χ4v) is 30.2. The van der Waals surface area contributed by atoms with E-state index in [1.807, 2.05) is 96.1 Å². The van der Waals surface area contributed by atoms with Crippen molar-refractivity contribution in [3.63, 3.8) is 0 Å². The third-order valence-corrected chi connectivity index (χ3v) is 40.0. The Morgan fingerprint density at radius 2 is 0.811 bits per heavy atom. The smallest absolute Gasteiger partial charge is 0.332 e. The summed E-state index contributed by atoms with van der Waals surface area (Å²) in [5.41, 5.74) is 10.4. The molecule has 6 bridgehead atoms. The maximum Gasteiger partial charge on any atom is 0.332 e. The van der Waals surface area contributed by atoms with E-state index in [1.54, 1.807) is 18.2 Å². The van der Waals surface area contributed by atoms with Crippen molar-refractivity contribution in [2.24, 2.45) is 35.5 Å². The van der Waals surface area contributed by atoms with Gasteiger partial charge >= 0.3 is 5.97 Å². The fraction of sp³-hybridized carbons (Fsp3) is 0.570. The number of allylic oxidation sites excluding steroid dienone is 3. The van der Waals surface area contributed by atoms with Gasteiger partial charge in [0.1, 0.15) is 29.5 Å². The van der Waals surface area contributed by atoms with Gasteiger partial charge in [-0.05, 0) is 372 Å². The number of halogens is 3. The van der Waals surface area contributed by atoms with Crippen LogP contribution in [0, 0.1) is 35.5 Å². The van der Waals surface area contributed by atoms with Crippen molar-refractivity contribution in [2.75, 3.05) is 113 Å². The van der Waals surface area contributed by atoms with Crippen LogP contribution >= 0.6 is 34.8 Å². The predicted octanol–water partition coefficient (Wildman–Crippen LogP) is 20.0. The summed E-state index contributed by atoms with van der Waals surface area (Å²) in [5, 5.41) is 11.0. The van der Waals surface area contributed by atoms with Crippen LogP contribution in [-0.4, -0.2) is 204 Å². The molecule has 4 N–H and O–H groups in total. The van der Waals surface area contributed by atoms with Gasteiger partial charge in [0.05, 0.1) is 111 Å². The first-order valence-corrected chi connectivity index (χ1v) is 59.1. The van der Waals surface area contributed by atoms with Crippen molar-refractivity contribution in [2.45, 2.75) is 277 Å². The van der Waals surface area contributed by atoms with Crippen molar-refractivity contribution in [3.8, 4) is 17.2 Å². The van der Waals surface area contributed by atoms with Gasteiger partial charge in [0, 0.05) is 110 Å². The second kappa shape index (κ2) is 46.4. The number of ether oxygens (including phenoxy) is 9. The lowest BCUT2D eigenvalue weighted by Crippen LogP contribution is -2.50. The molecule has 3 saturated carbocycles. The molecule has 29 heteroatoms. The highest BCUT2D eigenvalue weighted by molar-refractivity contribution is 8.00. The van der Waals surface area contributed by atoms with Crippen LogP contribution in [0.1, 0.15) is 260 Å². The van der Waals surface area contributed by atoms with E-state index in [0.29, 0.717) is 138 Å². The number of aliphatic hydroxyl groups excluding tert-OH is 1. The number of amides is 3. The molecule has 3 spiro atoms. The summed E-state index contributed by atoms with van der Waals surface area (Å²) in [7, 11) is -8.73. The van der Waals surface area contributed by atoms with E-state index in [0.717, 1.165) is 211 Å². The average molecular weight is 2080 g/mol. The van der Waals surface area contributed by atoms with E-state index >= 15 is 0 Å². The quantitative estimate of drug-likeness (QED) is 0.0341. The summed E-state index contributed by atoms with van der Waals surface area (Å²) >= 11 is 19.4. The van der Waals surface area contributed by atoms with Crippen LogP contribution in [0.4, 0.5) is 17.1 Å². The van der Waals surface area contributed by atoms with Crippen LogP contribution in [0.2, 0.25) is 15.1 Å². The first-order valence-electron chi connectivity index (χ1n) is 52.6. The van der Waals surface area contributed by atoms with Gasteiger partial charge in [0.2, 0.25) is 0 Å². The number of anilines is 3. The Morgan fingerprint density at radius 3 is 1.14 bits per heavy atom. The van der Waals surface area contributed by atoms with Gasteiger partial charge in [0.25, 0.3) is 17.7 Å². The van der Waals surface area contributed by atoms with Gasteiger partial charge in [-0.3, -0.25) is 28.5 Å². The number of rotatable bonds is 14. The third-order valence-electron chi connectivity index (χ3n) is 32.7. The highest BCUT2D eigenvalue weighted by Gasteiger charge is 2.50. The summed E-state index contributed by atoms with van der Waals surface area (Å²) < 4.78 is 106. The Hall–Kier alpha value is -8.09. The minimum atomic E-state index is -2.94. The van der Waals surface area contributed by atoms with Crippen molar-refractivity contribution in [3.05, 3.63) is 211 Å². The first-order chi connectivity index (χ1) is 68.7. The zero-order valence-electron chi connectivity index (χ0n) is 84.4. The Balaban J connectivity index is 0.000000148. The molecular weight excluding hydrogens is 1930 g/mol. The van der Waals surface area contributed by atoms with Gasteiger partial charge in [-0.2, -0.15) is 0 Å². The summed E-state index contributed by atoms with van der Waals surface area (Å²) in [6.07, 6.45) is 36.8. The molecule has 7 aliphatic heterocycles. The van der Waals surface area contributed by atoms with Crippen molar-refractivity contribution >= 4 is 122 Å². The Bertz CT molecular complexity index is 6010. The van der Waals surface area contributed by atoms with E-state index < -0.39 is 40.6 Å². The molecule has 19 atom stereocenters. The largest absolute Gasteiger partial charge is 0.490 e. The van der Waals surface area contributed by atoms with Gasteiger partial charge < -0.3 is 62.4 Å². The van der Waals surface area contributed by atoms with Crippen LogP contribution in [0.15, 0.2) is 146 Å². The Morgan fingerprint density at radius 1 is 0.455 bits per heavy atom. The lowest BCUT2D eigenvalue weighted by Gasteiger charge is -2.46. The molecule has 3 amide bonds. The predicted molar refractivity (Wildman–Crippen MR) is 577 cm³/mol.